The normalized spacial score (nSPS) is 23.9. The zero-order chi connectivity index (χ0) is 21.9. The highest BCUT2D eigenvalue weighted by Gasteiger charge is 2.55. The summed E-state index contributed by atoms with van der Waals surface area (Å²) < 4.78 is 13.2. The van der Waals surface area contributed by atoms with Gasteiger partial charge in [-0.15, -0.1) is 0 Å². The lowest BCUT2D eigenvalue weighted by Gasteiger charge is -2.44. The summed E-state index contributed by atoms with van der Waals surface area (Å²) in [6.07, 6.45) is 1.71. The Morgan fingerprint density at radius 3 is 2.81 bits per heavy atom. The van der Waals surface area contributed by atoms with Gasteiger partial charge in [0.15, 0.2) is 4.80 Å². The van der Waals surface area contributed by atoms with Crippen molar-refractivity contribution in [3.8, 4) is 5.75 Å². The van der Waals surface area contributed by atoms with Crippen LogP contribution in [-0.2, 0) is 9.53 Å². The van der Waals surface area contributed by atoms with E-state index < -0.39 is 23.7 Å². The molecule has 158 valence electrons. The molecule has 0 saturated carbocycles. The molecule has 0 fully saturated rings. The minimum atomic E-state index is -1.20. The molecule has 2 aliphatic heterocycles. The van der Waals surface area contributed by atoms with Gasteiger partial charge in [0.2, 0.25) is 5.72 Å². The van der Waals surface area contributed by atoms with Crippen LogP contribution in [0.4, 0.5) is 0 Å². The maximum absolute atomic E-state index is 13.5. The van der Waals surface area contributed by atoms with Crippen molar-refractivity contribution in [1.29, 1.82) is 0 Å². The van der Waals surface area contributed by atoms with Crippen molar-refractivity contribution in [3.63, 3.8) is 0 Å². The number of thiazole rings is 1. The number of hydrogen-bond acceptors (Lipinski definition) is 6. The van der Waals surface area contributed by atoms with E-state index >= 15 is 0 Å². The molecule has 3 heterocycles. The minimum absolute atomic E-state index is 0.257. The summed E-state index contributed by atoms with van der Waals surface area (Å²) in [6.45, 7) is 1.74. The Labute approximate surface area is 191 Å². The van der Waals surface area contributed by atoms with Crippen LogP contribution in [0.2, 0.25) is 10.0 Å². The number of nitrogens with zero attached hydrogens (tertiary/aromatic N) is 2. The maximum Gasteiger partial charge on any atom is 0.317 e. The van der Waals surface area contributed by atoms with Gasteiger partial charge in [-0.1, -0.05) is 58.8 Å². The molecular formula is C22H16Cl2N2O4S. The van der Waals surface area contributed by atoms with Gasteiger partial charge < -0.3 is 9.47 Å². The molecule has 0 radical (unpaired) electrons. The van der Waals surface area contributed by atoms with Crippen molar-refractivity contribution in [3.05, 3.63) is 83.3 Å². The molecule has 0 saturated heterocycles. The summed E-state index contributed by atoms with van der Waals surface area (Å²) in [5.74, 6) is -0.700. The number of carbonyl (C=O) groups is 1. The zero-order valence-electron chi connectivity index (χ0n) is 16.5. The average molecular weight is 475 g/mol. The fourth-order valence-corrected chi connectivity index (χ4v) is 5.74. The largest absolute Gasteiger partial charge is 0.469 e. The molecule has 3 atom stereocenters. The number of fused-ring (bicyclic) bond motifs is 6. The molecule has 1 aromatic heterocycles. The van der Waals surface area contributed by atoms with Gasteiger partial charge in [0.1, 0.15) is 11.7 Å². The molecule has 6 nitrogen and oxygen atoms in total. The van der Waals surface area contributed by atoms with Crippen molar-refractivity contribution in [2.45, 2.75) is 18.7 Å². The van der Waals surface area contributed by atoms with Crippen LogP contribution < -0.4 is 19.6 Å². The fourth-order valence-electron chi connectivity index (χ4n) is 4.19. The van der Waals surface area contributed by atoms with Crippen LogP contribution in [0.15, 0.2) is 52.3 Å². The summed E-state index contributed by atoms with van der Waals surface area (Å²) in [6, 6.07) is 11.8. The second kappa shape index (κ2) is 7.22. The molecule has 2 bridgehead atoms. The molecule has 2 aliphatic rings. The van der Waals surface area contributed by atoms with E-state index in [0.29, 0.717) is 30.7 Å². The Balaban J connectivity index is 1.80. The second-order valence-corrected chi connectivity index (χ2v) is 9.34. The molecule has 0 aliphatic carbocycles. The average Bonchev–Trinajstić information content (AvgIpc) is 3.02. The van der Waals surface area contributed by atoms with Crippen molar-refractivity contribution in [2.75, 3.05) is 7.11 Å². The lowest BCUT2D eigenvalue weighted by molar-refractivity contribution is -0.158. The maximum atomic E-state index is 13.5. The highest BCUT2D eigenvalue weighted by Crippen LogP contribution is 2.47. The molecule has 5 rings (SSSR count). The third-order valence-electron chi connectivity index (χ3n) is 5.58. The first kappa shape index (κ1) is 20.3. The number of ether oxygens (including phenoxy) is 2. The standard InChI is InChI=1S/C22H16Cl2N2O4S/c1-22-17(20(28)29-2)18(13-5-3-4-6-15(13)30-22)26-19(27)16(31-21(26)25-22)9-11-7-8-12(23)10-14(11)24/h3-10,17-18H,1-2H3. The molecule has 31 heavy (non-hydrogen) atoms. The topological polar surface area (TPSA) is 69.9 Å². The van der Waals surface area contributed by atoms with E-state index in [1.165, 1.54) is 18.4 Å². The van der Waals surface area contributed by atoms with Crippen molar-refractivity contribution in [1.82, 2.24) is 4.57 Å². The molecule has 0 N–H and O–H groups in total. The number of benzene rings is 2. The minimum Gasteiger partial charge on any atom is -0.469 e. The molecule has 2 aromatic carbocycles. The number of methoxy groups -OCH3 is 1. The molecule has 9 heteroatoms. The summed E-state index contributed by atoms with van der Waals surface area (Å²) in [4.78, 5) is 31.4. The van der Waals surface area contributed by atoms with E-state index in [0.717, 1.165) is 5.56 Å². The first-order valence-electron chi connectivity index (χ1n) is 9.46. The summed E-state index contributed by atoms with van der Waals surface area (Å²) in [5.41, 5.74) is -0.0499. The van der Waals surface area contributed by atoms with Crippen LogP contribution in [-0.4, -0.2) is 23.4 Å². The van der Waals surface area contributed by atoms with E-state index in [1.807, 2.05) is 24.3 Å². The van der Waals surface area contributed by atoms with E-state index in [9.17, 15) is 9.59 Å². The van der Waals surface area contributed by atoms with Crippen molar-refractivity contribution in [2.24, 2.45) is 10.9 Å². The van der Waals surface area contributed by atoms with Gasteiger partial charge in [-0.3, -0.25) is 14.2 Å². The van der Waals surface area contributed by atoms with Crippen LogP contribution in [0.1, 0.15) is 24.1 Å². The molecule has 3 unspecified atom stereocenters. The Bertz CT molecular complexity index is 1410. The fraction of sp³-hybridized carbons (Fsp3) is 0.227. The number of carbonyl (C=O) groups excluding carboxylic acids is 1. The van der Waals surface area contributed by atoms with Crippen LogP contribution in [0.5, 0.6) is 5.75 Å². The Morgan fingerprint density at radius 1 is 1.29 bits per heavy atom. The van der Waals surface area contributed by atoms with Gasteiger partial charge in [0.25, 0.3) is 5.56 Å². The van der Waals surface area contributed by atoms with E-state index in [-0.39, 0.29) is 5.56 Å². The lowest BCUT2D eigenvalue weighted by Crippen LogP contribution is -2.58. The van der Waals surface area contributed by atoms with E-state index in [1.54, 1.807) is 35.8 Å². The van der Waals surface area contributed by atoms with E-state index in [2.05, 4.69) is 0 Å². The molecule has 3 aromatic rings. The van der Waals surface area contributed by atoms with Gasteiger partial charge in [0.05, 0.1) is 17.7 Å². The molecular weight excluding hydrogens is 459 g/mol. The van der Waals surface area contributed by atoms with Gasteiger partial charge in [-0.2, -0.15) is 0 Å². The van der Waals surface area contributed by atoms with Crippen molar-refractivity contribution >= 4 is 46.6 Å². The molecule has 0 amide bonds. The van der Waals surface area contributed by atoms with Crippen molar-refractivity contribution < 1.29 is 14.3 Å². The summed E-state index contributed by atoms with van der Waals surface area (Å²) in [5, 5.41) is 0.947. The third kappa shape index (κ3) is 3.11. The Morgan fingerprint density at radius 2 is 2.06 bits per heavy atom. The lowest BCUT2D eigenvalue weighted by atomic mass is 9.81. The number of aromatic nitrogens is 1. The zero-order valence-corrected chi connectivity index (χ0v) is 18.8. The second-order valence-electron chi connectivity index (χ2n) is 7.49. The van der Waals surface area contributed by atoms with Gasteiger partial charge >= 0.3 is 5.97 Å². The number of para-hydroxylation sites is 1. The summed E-state index contributed by atoms with van der Waals surface area (Å²) in [7, 11) is 1.32. The van der Waals surface area contributed by atoms with E-state index in [4.69, 9.17) is 37.7 Å². The molecule has 0 spiro atoms. The summed E-state index contributed by atoms with van der Waals surface area (Å²) >= 11 is 13.5. The van der Waals surface area contributed by atoms with Gasteiger partial charge in [0, 0.05) is 15.6 Å². The third-order valence-corrected chi connectivity index (χ3v) is 7.13. The Hall–Kier alpha value is -2.61. The Kier molecular flexibility index (Phi) is 4.73. The van der Waals surface area contributed by atoms with Gasteiger partial charge in [-0.25, -0.2) is 4.99 Å². The monoisotopic (exact) mass is 474 g/mol. The SMILES string of the molecule is COC(=O)C1C2c3ccccc3OC1(C)N=c1sc(=Cc3ccc(Cl)cc3Cl)c(=O)n12. The highest BCUT2D eigenvalue weighted by molar-refractivity contribution is 7.07. The van der Waals surface area contributed by atoms with Crippen LogP contribution in [0, 0.1) is 5.92 Å². The predicted octanol–water partition coefficient (Wildman–Crippen LogP) is 3.17. The van der Waals surface area contributed by atoms with Crippen LogP contribution >= 0.6 is 34.5 Å². The van der Waals surface area contributed by atoms with Crippen LogP contribution in [0.3, 0.4) is 0 Å². The quantitative estimate of drug-likeness (QED) is 0.534. The first-order valence-corrected chi connectivity index (χ1v) is 11.0. The van der Waals surface area contributed by atoms with Crippen LogP contribution in [0.25, 0.3) is 6.08 Å². The smallest absolute Gasteiger partial charge is 0.317 e. The predicted molar refractivity (Wildman–Crippen MR) is 119 cm³/mol. The number of halogens is 2. The number of rotatable bonds is 2. The van der Waals surface area contributed by atoms with Gasteiger partial charge in [-0.05, 0) is 36.8 Å². The number of esters is 1. The number of hydrogen-bond donors (Lipinski definition) is 0. The first-order chi connectivity index (χ1) is 14.8. The highest BCUT2D eigenvalue weighted by atomic mass is 35.5.